The van der Waals surface area contributed by atoms with Crippen LogP contribution < -0.4 is 10.2 Å². The van der Waals surface area contributed by atoms with Crippen LogP contribution in [0.1, 0.15) is 41.4 Å². The molecule has 3 aromatic rings. The van der Waals surface area contributed by atoms with Gasteiger partial charge in [0.15, 0.2) is 0 Å². The van der Waals surface area contributed by atoms with Crippen molar-refractivity contribution in [3.05, 3.63) is 46.9 Å². The van der Waals surface area contributed by atoms with Crippen LogP contribution in [0.3, 0.4) is 0 Å². The third kappa shape index (κ3) is 3.27. The van der Waals surface area contributed by atoms with Gasteiger partial charge in [-0.2, -0.15) is 0 Å². The Kier molecular flexibility index (Phi) is 4.78. The molecule has 1 fully saturated rings. The van der Waals surface area contributed by atoms with Crippen LogP contribution in [-0.4, -0.2) is 28.5 Å². The van der Waals surface area contributed by atoms with Gasteiger partial charge >= 0.3 is 0 Å². The van der Waals surface area contributed by atoms with E-state index in [1.54, 1.807) is 24.5 Å². The summed E-state index contributed by atoms with van der Waals surface area (Å²) in [5, 5.41) is 3.60. The number of piperidine rings is 1. The molecule has 0 spiro atoms. The smallest absolute Gasteiger partial charge is 0.266 e. The number of hydrogen-bond acceptors (Lipinski definition) is 5. The molecule has 0 aliphatic carbocycles. The number of aromatic nitrogens is 2. The summed E-state index contributed by atoms with van der Waals surface area (Å²) in [5.74, 6) is 0.122. The molecule has 27 heavy (non-hydrogen) atoms. The molecule has 2 aromatic heterocycles. The van der Waals surface area contributed by atoms with Crippen LogP contribution in [0.25, 0.3) is 10.2 Å². The zero-order chi connectivity index (χ0) is 19.0. The van der Waals surface area contributed by atoms with Crippen molar-refractivity contribution in [3.63, 3.8) is 0 Å². The summed E-state index contributed by atoms with van der Waals surface area (Å²) in [6.07, 6.45) is 5.06. The molecule has 0 saturated carbocycles. The quantitative estimate of drug-likeness (QED) is 0.707. The molecule has 1 amide bonds. The second kappa shape index (κ2) is 7.23. The van der Waals surface area contributed by atoms with Crippen molar-refractivity contribution in [2.75, 3.05) is 16.8 Å². The van der Waals surface area contributed by atoms with Crippen molar-refractivity contribution in [3.8, 4) is 0 Å². The van der Waals surface area contributed by atoms with Crippen molar-refractivity contribution < 1.29 is 9.18 Å². The highest BCUT2D eigenvalue weighted by atomic mass is 32.1. The largest absolute Gasteiger partial charge is 0.353 e. The van der Waals surface area contributed by atoms with Crippen LogP contribution in [0.4, 0.5) is 15.9 Å². The standard InChI is InChI=1S/C20H21FN4OS/c1-12-7-5-6-10-25(12)18-16-13(2)17(27-20(16)23-11-22-18)19(26)24-15-9-4-3-8-14(15)21/h3-4,8-9,11-12H,5-7,10H2,1-2H3,(H,24,26)/t12-/m0/s1. The zero-order valence-corrected chi connectivity index (χ0v) is 16.1. The number of rotatable bonds is 3. The average Bonchev–Trinajstić information content (AvgIpc) is 3.01. The van der Waals surface area contributed by atoms with Crippen molar-refractivity contribution in [2.24, 2.45) is 0 Å². The van der Waals surface area contributed by atoms with Gasteiger partial charge < -0.3 is 10.2 Å². The van der Waals surface area contributed by atoms with E-state index in [4.69, 9.17) is 0 Å². The Bertz CT molecular complexity index is 1000. The van der Waals surface area contributed by atoms with E-state index < -0.39 is 5.82 Å². The van der Waals surface area contributed by atoms with Gasteiger partial charge in [0, 0.05) is 12.6 Å². The molecule has 1 N–H and O–H groups in total. The number of hydrogen-bond donors (Lipinski definition) is 1. The van der Waals surface area contributed by atoms with Gasteiger partial charge in [-0.1, -0.05) is 12.1 Å². The van der Waals surface area contributed by atoms with Crippen molar-refractivity contribution in [1.29, 1.82) is 0 Å². The van der Waals surface area contributed by atoms with Gasteiger partial charge in [0.25, 0.3) is 5.91 Å². The minimum Gasteiger partial charge on any atom is -0.353 e. The topological polar surface area (TPSA) is 58.1 Å². The summed E-state index contributed by atoms with van der Waals surface area (Å²) in [6, 6.07) is 6.58. The Morgan fingerprint density at radius 2 is 2.11 bits per heavy atom. The number of fused-ring (bicyclic) bond motifs is 1. The summed E-state index contributed by atoms with van der Waals surface area (Å²) in [5.41, 5.74) is 1.02. The van der Waals surface area contributed by atoms with E-state index in [0.717, 1.165) is 41.0 Å². The van der Waals surface area contributed by atoms with Crippen molar-refractivity contribution in [2.45, 2.75) is 39.2 Å². The number of nitrogens with zero attached hydrogens (tertiary/aromatic N) is 3. The lowest BCUT2D eigenvalue weighted by Crippen LogP contribution is -2.38. The molecule has 3 heterocycles. The highest BCUT2D eigenvalue weighted by Crippen LogP contribution is 2.37. The Morgan fingerprint density at radius 3 is 2.89 bits per heavy atom. The van der Waals surface area contributed by atoms with Gasteiger partial charge in [0.1, 0.15) is 22.8 Å². The van der Waals surface area contributed by atoms with E-state index >= 15 is 0 Å². The van der Waals surface area contributed by atoms with Crippen molar-refractivity contribution in [1.82, 2.24) is 9.97 Å². The second-order valence-electron chi connectivity index (χ2n) is 6.91. The van der Waals surface area contributed by atoms with E-state index in [0.29, 0.717) is 10.9 Å². The molecule has 4 rings (SSSR count). The van der Waals surface area contributed by atoms with E-state index in [2.05, 4.69) is 27.1 Å². The molecule has 0 radical (unpaired) electrons. The molecule has 1 aliphatic rings. The summed E-state index contributed by atoms with van der Waals surface area (Å²) in [6.45, 7) is 5.08. The number of aryl methyl sites for hydroxylation is 1. The first-order valence-electron chi connectivity index (χ1n) is 9.13. The monoisotopic (exact) mass is 384 g/mol. The first-order valence-corrected chi connectivity index (χ1v) is 9.94. The number of nitrogens with one attached hydrogen (secondary N) is 1. The van der Waals surface area contributed by atoms with E-state index in [1.807, 2.05) is 6.92 Å². The Labute approximate surface area is 161 Å². The van der Waals surface area contributed by atoms with Gasteiger partial charge in [0.2, 0.25) is 0 Å². The number of halogens is 1. The summed E-state index contributed by atoms with van der Waals surface area (Å²) in [4.78, 5) is 25.3. The minimum atomic E-state index is -0.452. The zero-order valence-electron chi connectivity index (χ0n) is 15.3. The lowest BCUT2D eigenvalue weighted by molar-refractivity contribution is 0.102. The van der Waals surface area contributed by atoms with Gasteiger partial charge in [-0.05, 0) is 50.8 Å². The molecule has 7 heteroatoms. The molecule has 1 aromatic carbocycles. The summed E-state index contributed by atoms with van der Waals surface area (Å²) >= 11 is 1.32. The fourth-order valence-corrected chi connectivity index (χ4v) is 4.68. The van der Waals surface area contributed by atoms with E-state index in [-0.39, 0.29) is 11.6 Å². The van der Waals surface area contributed by atoms with Gasteiger partial charge in [-0.3, -0.25) is 4.79 Å². The summed E-state index contributed by atoms with van der Waals surface area (Å²) < 4.78 is 13.9. The molecule has 0 unspecified atom stereocenters. The number of amides is 1. The van der Waals surface area contributed by atoms with Crippen LogP contribution in [0.15, 0.2) is 30.6 Å². The lowest BCUT2D eigenvalue weighted by Gasteiger charge is -2.34. The number of benzene rings is 1. The maximum Gasteiger partial charge on any atom is 0.266 e. The van der Waals surface area contributed by atoms with Crippen LogP contribution >= 0.6 is 11.3 Å². The predicted octanol–water partition coefficient (Wildman–Crippen LogP) is 4.77. The van der Waals surface area contributed by atoms with E-state index in [9.17, 15) is 9.18 Å². The molecule has 140 valence electrons. The van der Waals surface area contributed by atoms with Crippen LogP contribution in [0.2, 0.25) is 0 Å². The molecule has 1 saturated heterocycles. The van der Waals surface area contributed by atoms with E-state index in [1.165, 1.54) is 23.8 Å². The Morgan fingerprint density at radius 1 is 1.30 bits per heavy atom. The van der Waals surface area contributed by atoms with Crippen LogP contribution in [0, 0.1) is 12.7 Å². The SMILES string of the molecule is Cc1c(C(=O)Nc2ccccc2F)sc2ncnc(N3CCCC[C@@H]3C)c12. The fourth-order valence-electron chi connectivity index (χ4n) is 3.64. The lowest BCUT2D eigenvalue weighted by atomic mass is 10.0. The number of carbonyl (C=O) groups excluding carboxylic acids is 1. The van der Waals surface area contributed by atoms with Crippen LogP contribution in [-0.2, 0) is 0 Å². The number of anilines is 2. The highest BCUT2D eigenvalue weighted by Gasteiger charge is 2.26. The van der Waals surface area contributed by atoms with Crippen molar-refractivity contribution >= 4 is 39.0 Å². The molecule has 0 bridgehead atoms. The first kappa shape index (κ1) is 17.9. The highest BCUT2D eigenvalue weighted by molar-refractivity contribution is 7.20. The second-order valence-corrected chi connectivity index (χ2v) is 7.90. The van der Waals surface area contributed by atoms with Gasteiger partial charge in [-0.15, -0.1) is 11.3 Å². The maximum absolute atomic E-state index is 13.9. The van der Waals surface area contributed by atoms with Crippen LogP contribution in [0.5, 0.6) is 0 Å². The molecule has 1 atom stereocenters. The number of carbonyl (C=O) groups is 1. The van der Waals surface area contributed by atoms with Gasteiger partial charge in [-0.25, -0.2) is 14.4 Å². The average molecular weight is 384 g/mol. The fraction of sp³-hybridized carbons (Fsp3) is 0.350. The number of para-hydroxylation sites is 1. The third-order valence-corrected chi connectivity index (χ3v) is 6.31. The van der Waals surface area contributed by atoms with Gasteiger partial charge in [0.05, 0.1) is 16.0 Å². The molecule has 1 aliphatic heterocycles. The third-order valence-electron chi connectivity index (χ3n) is 5.11. The minimum absolute atomic E-state index is 0.176. The maximum atomic E-state index is 13.9. The molecular weight excluding hydrogens is 363 g/mol. The Hall–Kier alpha value is -2.54. The Balaban J connectivity index is 1.73. The molecular formula is C20H21FN4OS. The predicted molar refractivity (Wildman–Crippen MR) is 107 cm³/mol. The normalized spacial score (nSPS) is 17.3. The number of thiophene rings is 1. The first-order chi connectivity index (χ1) is 13.1. The summed E-state index contributed by atoms with van der Waals surface area (Å²) in [7, 11) is 0. The molecule has 5 nitrogen and oxygen atoms in total.